The summed E-state index contributed by atoms with van der Waals surface area (Å²) >= 11 is 0. The van der Waals surface area contributed by atoms with Crippen molar-refractivity contribution in [1.29, 1.82) is 0 Å². The number of hydrogen-bond donors (Lipinski definition) is 1. The van der Waals surface area contributed by atoms with Gasteiger partial charge in [0, 0.05) is 12.8 Å². The van der Waals surface area contributed by atoms with Gasteiger partial charge in [0.05, 0.1) is 12.3 Å². The summed E-state index contributed by atoms with van der Waals surface area (Å²) < 4.78 is 10.5. The van der Waals surface area contributed by atoms with Crippen molar-refractivity contribution in [1.82, 2.24) is 5.32 Å². The van der Waals surface area contributed by atoms with Crippen LogP contribution in [0.3, 0.4) is 0 Å². The molecule has 1 heterocycles. The molecule has 1 N–H and O–H groups in total. The Morgan fingerprint density at radius 3 is 2.61 bits per heavy atom. The summed E-state index contributed by atoms with van der Waals surface area (Å²) in [7, 11) is 0. The SMILES string of the molecule is CCCCC(NC(=O)OC(C)(C)C)C(=O)CCCc1ccco1. The molecule has 1 aromatic heterocycles. The number of amides is 1. The summed E-state index contributed by atoms with van der Waals surface area (Å²) in [5.41, 5.74) is -0.568. The first-order chi connectivity index (χ1) is 10.8. The Morgan fingerprint density at radius 2 is 2.04 bits per heavy atom. The second-order valence-corrected chi connectivity index (χ2v) is 6.74. The van der Waals surface area contributed by atoms with Gasteiger partial charge in [-0.3, -0.25) is 4.79 Å². The van der Waals surface area contributed by atoms with Gasteiger partial charge < -0.3 is 14.5 Å². The number of aryl methyl sites for hydroxylation is 1. The van der Waals surface area contributed by atoms with Crippen LogP contribution in [0.4, 0.5) is 4.79 Å². The predicted molar refractivity (Wildman–Crippen MR) is 89.3 cm³/mol. The number of hydrogen-bond acceptors (Lipinski definition) is 4. The maximum absolute atomic E-state index is 12.4. The lowest BCUT2D eigenvalue weighted by Crippen LogP contribution is -2.43. The van der Waals surface area contributed by atoms with Gasteiger partial charge in [-0.05, 0) is 45.7 Å². The Kier molecular flexibility index (Phi) is 7.86. The normalized spacial score (nSPS) is 12.7. The Morgan fingerprint density at radius 1 is 1.30 bits per heavy atom. The lowest BCUT2D eigenvalue weighted by Gasteiger charge is -2.23. The molecule has 0 fully saturated rings. The van der Waals surface area contributed by atoms with Crippen molar-refractivity contribution in [2.75, 3.05) is 0 Å². The summed E-state index contributed by atoms with van der Waals surface area (Å²) in [6.45, 7) is 7.47. The number of carbonyl (C=O) groups excluding carboxylic acids is 2. The van der Waals surface area contributed by atoms with Crippen molar-refractivity contribution in [3.05, 3.63) is 24.2 Å². The first kappa shape index (κ1) is 19.3. The van der Waals surface area contributed by atoms with Crippen LogP contribution in [0.1, 0.15) is 65.6 Å². The maximum Gasteiger partial charge on any atom is 0.408 e. The molecule has 0 aromatic carbocycles. The molecule has 1 amide bonds. The minimum atomic E-state index is -0.568. The number of nitrogens with one attached hydrogen (secondary N) is 1. The van der Waals surface area contributed by atoms with Gasteiger partial charge in [0.15, 0.2) is 5.78 Å². The molecule has 0 saturated carbocycles. The van der Waals surface area contributed by atoms with E-state index in [1.54, 1.807) is 27.0 Å². The van der Waals surface area contributed by atoms with Crippen molar-refractivity contribution in [3.8, 4) is 0 Å². The minimum Gasteiger partial charge on any atom is -0.469 e. The van der Waals surface area contributed by atoms with Gasteiger partial charge >= 0.3 is 6.09 Å². The summed E-state index contributed by atoms with van der Waals surface area (Å²) in [4.78, 5) is 24.3. The molecule has 0 bridgehead atoms. The highest BCUT2D eigenvalue weighted by molar-refractivity contribution is 5.87. The lowest BCUT2D eigenvalue weighted by atomic mass is 10.0. The molecule has 1 atom stereocenters. The van der Waals surface area contributed by atoms with Crippen LogP contribution >= 0.6 is 0 Å². The van der Waals surface area contributed by atoms with Crippen LogP contribution in [0.15, 0.2) is 22.8 Å². The molecule has 0 aliphatic heterocycles. The van der Waals surface area contributed by atoms with Crippen molar-refractivity contribution in [3.63, 3.8) is 0 Å². The fraction of sp³-hybridized carbons (Fsp3) is 0.667. The Labute approximate surface area is 138 Å². The van der Waals surface area contributed by atoms with E-state index in [2.05, 4.69) is 12.2 Å². The zero-order chi connectivity index (χ0) is 17.3. The predicted octanol–water partition coefficient (Wildman–Crippen LogP) is 4.25. The van der Waals surface area contributed by atoms with Gasteiger partial charge in [0.25, 0.3) is 0 Å². The van der Waals surface area contributed by atoms with Gasteiger partial charge in [0.2, 0.25) is 0 Å². The molecule has 130 valence electrons. The molecule has 0 radical (unpaired) electrons. The minimum absolute atomic E-state index is 0.0517. The van der Waals surface area contributed by atoms with E-state index in [-0.39, 0.29) is 5.78 Å². The van der Waals surface area contributed by atoms with Crippen LogP contribution in [0.25, 0.3) is 0 Å². The molecule has 1 aromatic rings. The molecule has 0 spiro atoms. The maximum atomic E-state index is 12.4. The molecular weight excluding hydrogens is 294 g/mol. The van der Waals surface area contributed by atoms with Crippen LogP contribution in [0.5, 0.6) is 0 Å². The number of ketones is 1. The van der Waals surface area contributed by atoms with Gasteiger partial charge in [-0.2, -0.15) is 0 Å². The number of carbonyl (C=O) groups is 2. The molecule has 0 saturated heterocycles. The van der Waals surface area contributed by atoms with E-state index in [1.165, 1.54) is 0 Å². The van der Waals surface area contributed by atoms with Gasteiger partial charge in [-0.25, -0.2) is 4.79 Å². The van der Waals surface area contributed by atoms with Crippen LogP contribution in [0, 0.1) is 0 Å². The Bertz CT molecular complexity index is 474. The molecule has 23 heavy (non-hydrogen) atoms. The number of Topliss-reactive ketones (excluding diaryl/α,β-unsaturated/α-hetero) is 1. The van der Waals surface area contributed by atoms with Crippen LogP contribution in [-0.4, -0.2) is 23.5 Å². The fourth-order valence-electron chi connectivity index (χ4n) is 2.24. The second-order valence-electron chi connectivity index (χ2n) is 6.74. The van der Waals surface area contributed by atoms with Crippen LogP contribution in [0.2, 0.25) is 0 Å². The van der Waals surface area contributed by atoms with E-state index < -0.39 is 17.7 Å². The summed E-state index contributed by atoms with van der Waals surface area (Å²) in [5.74, 6) is 0.930. The number of ether oxygens (including phenoxy) is 1. The second kappa shape index (κ2) is 9.38. The van der Waals surface area contributed by atoms with Crippen molar-refractivity contribution < 1.29 is 18.7 Å². The highest BCUT2D eigenvalue weighted by atomic mass is 16.6. The summed E-state index contributed by atoms with van der Waals surface area (Å²) in [6, 6.07) is 3.27. The lowest BCUT2D eigenvalue weighted by molar-refractivity contribution is -0.121. The molecule has 0 aliphatic rings. The molecule has 5 heteroatoms. The smallest absolute Gasteiger partial charge is 0.408 e. The standard InChI is InChI=1S/C18H29NO4/c1-5-6-11-15(19-17(21)23-18(2,3)4)16(20)12-7-9-14-10-8-13-22-14/h8,10,13,15H,5-7,9,11-12H2,1-4H3,(H,19,21). The molecule has 0 aliphatic carbocycles. The summed E-state index contributed by atoms with van der Waals surface area (Å²) in [6.07, 6.45) is 5.48. The first-order valence-electron chi connectivity index (χ1n) is 8.36. The third-order valence-corrected chi connectivity index (χ3v) is 3.35. The monoisotopic (exact) mass is 323 g/mol. The average Bonchev–Trinajstić information content (AvgIpc) is 2.94. The van der Waals surface area contributed by atoms with E-state index >= 15 is 0 Å². The molecular formula is C18H29NO4. The molecule has 1 rings (SSSR count). The van der Waals surface area contributed by atoms with Gasteiger partial charge in [-0.1, -0.05) is 19.8 Å². The van der Waals surface area contributed by atoms with E-state index in [0.717, 1.165) is 25.0 Å². The third-order valence-electron chi connectivity index (χ3n) is 3.35. The quantitative estimate of drug-likeness (QED) is 0.737. The zero-order valence-electron chi connectivity index (χ0n) is 14.7. The number of rotatable bonds is 9. The van der Waals surface area contributed by atoms with Gasteiger partial charge in [0.1, 0.15) is 11.4 Å². The highest BCUT2D eigenvalue weighted by Gasteiger charge is 2.23. The van der Waals surface area contributed by atoms with Crippen LogP contribution < -0.4 is 5.32 Å². The number of unbranched alkanes of at least 4 members (excludes halogenated alkanes) is 1. The van der Waals surface area contributed by atoms with Crippen LogP contribution in [-0.2, 0) is 16.0 Å². The van der Waals surface area contributed by atoms with E-state index in [0.29, 0.717) is 19.3 Å². The van der Waals surface area contributed by atoms with Gasteiger partial charge in [-0.15, -0.1) is 0 Å². The Balaban J connectivity index is 2.47. The average molecular weight is 323 g/mol. The summed E-state index contributed by atoms with van der Waals surface area (Å²) in [5, 5.41) is 2.72. The molecule has 5 nitrogen and oxygen atoms in total. The fourth-order valence-corrected chi connectivity index (χ4v) is 2.24. The highest BCUT2D eigenvalue weighted by Crippen LogP contribution is 2.12. The molecule has 1 unspecified atom stereocenters. The van der Waals surface area contributed by atoms with E-state index in [1.807, 2.05) is 12.1 Å². The number of furan rings is 1. The van der Waals surface area contributed by atoms with E-state index in [4.69, 9.17) is 9.15 Å². The van der Waals surface area contributed by atoms with E-state index in [9.17, 15) is 9.59 Å². The van der Waals surface area contributed by atoms with Crippen molar-refractivity contribution in [2.24, 2.45) is 0 Å². The first-order valence-corrected chi connectivity index (χ1v) is 8.36. The largest absolute Gasteiger partial charge is 0.469 e. The van der Waals surface area contributed by atoms with Crippen molar-refractivity contribution >= 4 is 11.9 Å². The number of alkyl carbamates (subject to hydrolysis) is 1. The van der Waals surface area contributed by atoms with Crippen molar-refractivity contribution in [2.45, 2.75) is 77.9 Å². The third kappa shape index (κ3) is 8.43. The Hall–Kier alpha value is -1.78. The topological polar surface area (TPSA) is 68.5 Å². The zero-order valence-corrected chi connectivity index (χ0v) is 14.7.